The van der Waals surface area contributed by atoms with Gasteiger partial charge in [-0.15, -0.1) is 0 Å². The standard InChI is InChI=1S/C21H23NO4/c1-20(2)11-21(19(25)26-3)12-22(10-17(20)21)18(24)15-5-4-14-9-16(23)7-6-13(14)8-15/h4-9,17,23H,10-12H2,1-3H3/t17-,21+/m1/s1. The predicted octanol–water partition coefficient (Wildman–Crippen LogP) is 3.21. The number of fused-ring (bicyclic) bond motifs is 2. The number of methoxy groups -OCH3 is 1. The molecule has 2 aliphatic rings. The fourth-order valence-electron chi connectivity index (χ4n) is 5.08. The third-order valence-corrected chi connectivity index (χ3v) is 6.21. The molecular weight excluding hydrogens is 330 g/mol. The normalized spacial score (nSPS) is 26.3. The molecule has 1 saturated carbocycles. The van der Waals surface area contributed by atoms with Gasteiger partial charge in [0.2, 0.25) is 0 Å². The van der Waals surface area contributed by atoms with E-state index >= 15 is 0 Å². The number of aromatic hydroxyl groups is 1. The lowest BCUT2D eigenvalue weighted by Gasteiger charge is -2.54. The van der Waals surface area contributed by atoms with Gasteiger partial charge in [0.15, 0.2) is 0 Å². The SMILES string of the molecule is COC(=O)[C@@]12CN(C(=O)c3ccc4cc(O)ccc4c3)C[C@@H]1C(C)(C)C2. The number of esters is 1. The van der Waals surface area contributed by atoms with Crippen molar-refractivity contribution in [1.82, 2.24) is 4.90 Å². The Bertz CT molecular complexity index is 919. The molecule has 1 heterocycles. The lowest BCUT2D eigenvalue weighted by Crippen LogP contribution is -2.57. The Labute approximate surface area is 152 Å². The van der Waals surface area contributed by atoms with Crippen molar-refractivity contribution >= 4 is 22.6 Å². The Hall–Kier alpha value is -2.56. The van der Waals surface area contributed by atoms with E-state index in [9.17, 15) is 14.7 Å². The molecule has 2 aromatic carbocycles. The van der Waals surface area contributed by atoms with E-state index in [4.69, 9.17) is 4.74 Å². The van der Waals surface area contributed by atoms with E-state index in [1.165, 1.54) is 7.11 Å². The number of carbonyl (C=O) groups excluding carboxylic acids is 2. The predicted molar refractivity (Wildman–Crippen MR) is 97.9 cm³/mol. The number of benzene rings is 2. The molecule has 5 heteroatoms. The number of hydrogen-bond donors (Lipinski definition) is 1. The van der Waals surface area contributed by atoms with Gasteiger partial charge in [0.1, 0.15) is 5.75 Å². The van der Waals surface area contributed by atoms with Crippen molar-refractivity contribution < 1.29 is 19.4 Å². The summed E-state index contributed by atoms with van der Waals surface area (Å²) in [5.41, 5.74) is 0.0723. The highest BCUT2D eigenvalue weighted by Crippen LogP contribution is 2.63. The van der Waals surface area contributed by atoms with E-state index < -0.39 is 5.41 Å². The molecule has 5 nitrogen and oxygen atoms in total. The smallest absolute Gasteiger partial charge is 0.314 e. The number of carbonyl (C=O) groups is 2. The van der Waals surface area contributed by atoms with Gasteiger partial charge in [0, 0.05) is 18.7 Å². The van der Waals surface area contributed by atoms with Gasteiger partial charge in [-0.25, -0.2) is 0 Å². The third kappa shape index (κ3) is 2.30. The molecule has 26 heavy (non-hydrogen) atoms. The highest BCUT2D eigenvalue weighted by molar-refractivity contribution is 5.99. The van der Waals surface area contributed by atoms with E-state index in [0.29, 0.717) is 18.7 Å². The van der Waals surface area contributed by atoms with Crippen LogP contribution in [0, 0.1) is 16.7 Å². The van der Waals surface area contributed by atoms with Crippen LogP contribution in [0.3, 0.4) is 0 Å². The first-order valence-electron chi connectivity index (χ1n) is 8.87. The number of hydrogen-bond acceptors (Lipinski definition) is 4. The van der Waals surface area contributed by atoms with Crippen LogP contribution in [0.2, 0.25) is 0 Å². The maximum Gasteiger partial charge on any atom is 0.314 e. The summed E-state index contributed by atoms with van der Waals surface area (Å²) in [5, 5.41) is 11.4. The molecule has 1 N–H and O–H groups in total. The van der Waals surface area contributed by atoms with Crippen LogP contribution >= 0.6 is 0 Å². The Morgan fingerprint density at radius 1 is 1.15 bits per heavy atom. The van der Waals surface area contributed by atoms with Crippen molar-refractivity contribution in [2.45, 2.75) is 20.3 Å². The van der Waals surface area contributed by atoms with Crippen LogP contribution in [0.1, 0.15) is 30.6 Å². The zero-order valence-electron chi connectivity index (χ0n) is 15.3. The zero-order valence-corrected chi connectivity index (χ0v) is 15.3. The number of amides is 1. The summed E-state index contributed by atoms with van der Waals surface area (Å²) in [7, 11) is 1.42. The highest BCUT2D eigenvalue weighted by atomic mass is 16.5. The van der Waals surface area contributed by atoms with Crippen molar-refractivity contribution in [2.75, 3.05) is 20.2 Å². The summed E-state index contributed by atoms with van der Waals surface area (Å²) >= 11 is 0. The fraction of sp³-hybridized carbons (Fsp3) is 0.429. The van der Waals surface area contributed by atoms with Crippen LogP contribution in [0.25, 0.3) is 10.8 Å². The zero-order chi connectivity index (χ0) is 18.7. The summed E-state index contributed by atoms with van der Waals surface area (Å²) in [6.45, 7) is 5.29. The molecule has 1 aliphatic carbocycles. The van der Waals surface area contributed by atoms with Crippen molar-refractivity contribution in [3.63, 3.8) is 0 Å². The molecular formula is C21H23NO4. The Morgan fingerprint density at radius 2 is 1.85 bits per heavy atom. The Balaban J connectivity index is 1.63. The van der Waals surface area contributed by atoms with Crippen molar-refractivity contribution in [2.24, 2.45) is 16.7 Å². The Kier molecular flexibility index (Phi) is 3.55. The van der Waals surface area contributed by atoms with Crippen LogP contribution in [0.5, 0.6) is 5.75 Å². The topological polar surface area (TPSA) is 66.8 Å². The molecule has 1 saturated heterocycles. The number of ether oxygens (including phenoxy) is 1. The second-order valence-electron chi connectivity index (χ2n) is 8.30. The first kappa shape index (κ1) is 16.9. The number of likely N-dealkylation sites (tertiary alicyclic amines) is 1. The van der Waals surface area contributed by atoms with Crippen molar-refractivity contribution in [3.8, 4) is 5.75 Å². The first-order chi connectivity index (χ1) is 12.3. The number of nitrogens with zero attached hydrogens (tertiary/aromatic N) is 1. The average molecular weight is 353 g/mol. The molecule has 1 amide bonds. The molecule has 2 atom stereocenters. The number of phenolic OH excluding ortho intramolecular Hbond substituents is 1. The van der Waals surface area contributed by atoms with E-state index in [1.807, 2.05) is 12.1 Å². The molecule has 0 aromatic heterocycles. The number of rotatable bonds is 2. The molecule has 136 valence electrons. The van der Waals surface area contributed by atoms with Crippen LogP contribution in [-0.4, -0.2) is 42.1 Å². The summed E-state index contributed by atoms with van der Waals surface area (Å²) in [6.07, 6.45) is 0.748. The minimum absolute atomic E-state index is 0.0319. The maximum atomic E-state index is 13.1. The van der Waals surface area contributed by atoms with Crippen LogP contribution in [0.4, 0.5) is 0 Å². The summed E-state index contributed by atoms with van der Waals surface area (Å²) < 4.78 is 5.05. The third-order valence-electron chi connectivity index (χ3n) is 6.21. The van der Waals surface area contributed by atoms with E-state index in [2.05, 4.69) is 13.8 Å². The van der Waals surface area contributed by atoms with E-state index in [1.54, 1.807) is 29.2 Å². The summed E-state index contributed by atoms with van der Waals surface area (Å²) in [5.74, 6) is 0.0679. The van der Waals surface area contributed by atoms with Crippen LogP contribution < -0.4 is 0 Å². The van der Waals surface area contributed by atoms with Crippen molar-refractivity contribution in [3.05, 3.63) is 42.0 Å². The minimum atomic E-state index is -0.559. The van der Waals surface area contributed by atoms with Gasteiger partial charge in [0.05, 0.1) is 12.5 Å². The first-order valence-corrected chi connectivity index (χ1v) is 8.87. The minimum Gasteiger partial charge on any atom is -0.508 e. The lowest BCUT2D eigenvalue weighted by molar-refractivity contribution is -0.174. The lowest BCUT2D eigenvalue weighted by atomic mass is 9.48. The number of phenols is 1. The van der Waals surface area contributed by atoms with E-state index in [0.717, 1.165) is 17.2 Å². The van der Waals surface area contributed by atoms with Gasteiger partial charge in [-0.05, 0) is 52.8 Å². The molecule has 0 unspecified atom stereocenters. The average Bonchev–Trinajstić information content (AvgIpc) is 2.96. The largest absolute Gasteiger partial charge is 0.508 e. The molecule has 2 fully saturated rings. The molecule has 0 bridgehead atoms. The molecule has 4 rings (SSSR count). The van der Waals surface area contributed by atoms with Gasteiger partial charge >= 0.3 is 5.97 Å². The molecule has 1 aliphatic heterocycles. The monoisotopic (exact) mass is 353 g/mol. The second kappa shape index (κ2) is 5.47. The van der Waals surface area contributed by atoms with Crippen LogP contribution in [-0.2, 0) is 9.53 Å². The molecule has 0 spiro atoms. The van der Waals surface area contributed by atoms with Crippen LogP contribution in [0.15, 0.2) is 36.4 Å². The molecule has 0 radical (unpaired) electrons. The Morgan fingerprint density at radius 3 is 2.54 bits per heavy atom. The fourth-order valence-corrected chi connectivity index (χ4v) is 5.08. The summed E-state index contributed by atoms with van der Waals surface area (Å²) in [6, 6.07) is 10.5. The van der Waals surface area contributed by atoms with Gasteiger partial charge in [-0.3, -0.25) is 9.59 Å². The molecule has 2 aromatic rings. The van der Waals surface area contributed by atoms with Gasteiger partial charge < -0.3 is 14.7 Å². The van der Waals surface area contributed by atoms with E-state index in [-0.39, 0.29) is 29.0 Å². The second-order valence-corrected chi connectivity index (χ2v) is 8.30. The van der Waals surface area contributed by atoms with Gasteiger partial charge in [-0.2, -0.15) is 0 Å². The maximum absolute atomic E-state index is 13.1. The summed E-state index contributed by atoms with van der Waals surface area (Å²) in [4.78, 5) is 27.3. The van der Waals surface area contributed by atoms with Gasteiger partial charge in [-0.1, -0.05) is 26.0 Å². The van der Waals surface area contributed by atoms with Crippen molar-refractivity contribution in [1.29, 1.82) is 0 Å². The van der Waals surface area contributed by atoms with Gasteiger partial charge in [0.25, 0.3) is 5.91 Å². The highest BCUT2D eigenvalue weighted by Gasteiger charge is 2.68. The quantitative estimate of drug-likeness (QED) is 0.842.